The van der Waals surface area contributed by atoms with E-state index in [1.807, 2.05) is 0 Å². The molecule has 0 bridgehead atoms. The van der Waals surface area contributed by atoms with Crippen molar-refractivity contribution < 1.29 is 75.9 Å². The lowest BCUT2D eigenvalue weighted by Crippen LogP contribution is -2.48. The third-order valence-electron chi connectivity index (χ3n) is 7.96. The zero-order valence-corrected chi connectivity index (χ0v) is 34.3. The maximum absolute atomic E-state index is 12.7. The van der Waals surface area contributed by atoms with Crippen LogP contribution in [0.5, 0.6) is 0 Å². The topological polar surface area (TPSA) is 326 Å². The molecule has 1 aromatic rings. The van der Waals surface area contributed by atoms with Gasteiger partial charge in [-0.15, -0.1) is 5.06 Å². The number of allylic oxidation sites excluding steroid dienone is 4. The van der Waals surface area contributed by atoms with Crippen LogP contribution in [0.3, 0.4) is 0 Å². The molecule has 0 saturated carbocycles. The van der Waals surface area contributed by atoms with Gasteiger partial charge in [-0.1, -0.05) is 12.5 Å². The van der Waals surface area contributed by atoms with E-state index in [4.69, 9.17) is 9.39 Å². The largest absolute Gasteiger partial charge is 0.356 e. The fourth-order valence-corrected chi connectivity index (χ4v) is 7.50. The molecular formula is C32H46N4O17S4. The second kappa shape index (κ2) is 21.6. The number of carbonyl (C=O) groups excluding carboxylic acids is 4. The Balaban J connectivity index is 2.29. The summed E-state index contributed by atoms with van der Waals surface area (Å²) < 4.78 is 129. The molecule has 1 aliphatic rings. The van der Waals surface area contributed by atoms with Crippen LogP contribution in [0.1, 0.15) is 70.3 Å². The summed E-state index contributed by atoms with van der Waals surface area (Å²) in [5.74, 6) is -6.40. The lowest BCUT2D eigenvalue weighted by atomic mass is 10.1. The van der Waals surface area contributed by atoms with Gasteiger partial charge in [-0.3, -0.25) is 37.6 Å². The number of nitrogens with zero attached hydrogens (tertiary/aromatic N) is 3. The van der Waals surface area contributed by atoms with Crippen LogP contribution in [0, 0.1) is 6.92 Å². The van der Waals surface area contributed by atoms with Crippen molar-refractivity contribution in [2.45, 2.75) is 82.6 Å². The van der Waals surface area contributed by atoms with Gasteiger partial charge in [0.15, 0.2) is 0 Å². The number of imide groups is 1. The lowest BCUT2D eigenvalue weighted by Gasteiger charge is -2.29. The van der Waals surface area contributed by atoms with E-state index in [1.54, 1.807) is 37.0 Å². The number of hydrogen-bond donors (Lipinski definition) is 5. The Labute approximate surface area is 331 Å². The van der Waals surface area contributed by atoms with Gasteiger partial charge in [0.25, 0.3) is 52.3 Å². The van der Waals surface area contributed by atoms with Crippen molar-refractivity contribution in [3.8, 4) is 0 Å². The summed E-state index contributed by atoms with van der Waals surface area (Å²) in [4.78, 5) is 59.1. The Morgan fingerprint density at radius 3 is 2.04 bits per heavy atom. The highest BCUT2D eigenvalue weighted by atomic mass is 32.2. The summed E-state index contributed by atoms with van der Waals surface area (Å²) in [5, 5.41) is 2.28. The third-order valence-corrected chi connectivity index (χ3v) is 11.2. The summed E-state index contributed by atoms with van der Waals surface area (Å²) in [7, 11) is -17.9. The third kappa shape index (κ3) is 19.3. The summed E-state index contributed by atoms with van der Waals surface area (Å²) in [6.07, 6.45) is 5.20. The number of unbranched alkanes of at least 4 members (excludes halogenated alkanes) is 2. The molecule has 3 amide bonds. The van der Waals surface area contributed by atoms with Gasteiger partial charge in [0.1, 0.15) is 11.8 Å². The molecule has 0 radical (unpaired) electrons. The molecule has 0 spiro atoms. The number of nitrogens with one attached hydrogen (secondary N) is 1. The predicted molar refractivity (Wildman–Crippen MR) is 204 cm³/mol. The molecule has 21 nitrogen and oxygen atoms in total. The molecule has 1 aliphatic heterocycles. The molecule has 320 valence electrons. The van der Waals surface area contributed by atoms with Crippen LogP contribution in [-0.4, -0.2) is 123 Å². The first-order valence-electron chi connectivity index (χ1n) is 17.2. The Morgan fingerprint density at radius 1 is 0.877 bits per heavy atom. The number of anilines is 1. The van der Waals surface area contributed by atoms with Gasteiger partial charge in [0, 0.05) is 49.4 Å². The Hall–Kier alpha value is -4.11. The van der Waals surface area contributed by atoms with Crippen molar-refractivity contribution in [2.75, 3.05) is 35.2 Å². The summed E-state index contributed by atoms with van der Waals surface area (Å²) in [6, 6.07) is 1.80. The minimum atomic E-state index is -4.85. The SMILES string of the molecule is CC(/C=C/C=C(\CCCCCC(=O)NC(CS(=O)(=O)O)C(=O)ON1C(=O)CCC1=O)N(CCCS(=O)(=O)O)c1ccc(S(=O)(=O)O)cc1C)=N/CCCS(=O)(=O)O. The van der Waals surface area contributed by atoms with Crippen molar-refractivity contribution >= 4 is 75.6 Å². The van der Waals surface area contributed by atoms with Crippen molar-refractivity contribution in [1.82, 2.24) is 10.4 Å². The van der Waals surface area contributed by atoms with Crippen LogP contribution in [0.4, 0.5) is 5.69 Å². The quantitative estimate of drug-likeness (QED) is 0.0322. The fourth-order valence-electron chi connectivity index (χ4n) is 5.30. The molecule has 0 aromatic heterocycles. The van der Waals surface area contributed by atoms with Crippen molar-refractivity contribution in [1.29, 1.82) is 0 Å². The number of aryl methyl sites for hydroxylation is 1. The van der Waals surface area contributed by atoms with Gasteiger partial charge in [-0.25, -0.2) is 4.79 Å². The number of carbonyl (C=O) groups is 4. The molecule has 1 unspecified atom stereocenters. The van der Waals surface area contributed by atoms with Crippen LogP contribution in [-0.2, 0) is 64.5 Å². The zero-order chi connectivity index (χ0) is 43.2. The molecule has 1 atom stereocenters. The minimum absolute atomic E-state index is 0.00346. The van der Waals surface area contributed by atoms with Gasteiger partial charge < -0.3 is 15.1 Å². The van der Waals surface area contributed by atoms with Crippen LogP contribution < -0.4 is 10.2 Å². The highest BCUT2D eigenvalue weighted by Gasteiger charge is 2.36. The lowest BCUT2D eigenvalue weighted by molar-refractivity contribution is -0.198. The first kappa shape index (κ1) is 49.0. The van der Waals surface area contributed by atoms with Crippen LogP contribution in [0.25, 0.3) is 0 Å². The number of hydroxylamine groups is 2. The van der Waals surface area contributed by atoms with E-state index in [2.05, 4.69) is 10.3 Å². The van der Waals surface area contributed by atoms with E-state index in [-0.39, 0.29) is 63.1 Å². The van der Waals surface area contributed by atoms with Crippen molar-refractivity contribution in [3.63, 3.8) is 0 Å². The molecule has 57 heavy (non-hydrogen) atoms. The maximum Gasteiger partial charge on any atom is 0.356 e. The molecule has 25 heteroatoms. The summed E-state index contributed by atoms with van der Waals surface area (Å²) in [5.41, 5.74) is 1.81. The average molecular weight is 887 g/mol. The molecule has 1 fully saturated rings. The number of aliphatic imine (C=N–C) groups is 1. The molecule has 0 aliphatic carbocycles. The van der Waals surface area contributed by atoms with E-state index < -0.39 is 92.4 Å². The van der Waals surface area contributed by atoms with Crippen molar-refractivity contribution in [3.05, 3.63) is 47.7 Å². The van der Waals surface area contributed by atoms with Gasteiger partial charge in [-0.2, -0.15) is 33.7 Å². The Bertz CT molecular complexity index is 2170. The van der Waals surface area contributed by atoms with Crippen LogP contribution in [0.2, 0.25) is 0 Å². The Kier molecular flexibility index (Phi) is 18.6. The molecule has 1 heterocycles. The summed E-state index contributed by atoms with van der Waals surface area (Å²) >= 11 is 0. The van der Waals surface area contributed by atoms with Gasteiger partial charge >= 0.3 is 5.97 Å². The van der Waals surface area contributed by atoms with E-state index >= 15 is 0 Å². The molecule has 1 saturated heterocycles. The molecule has 5 N–H and O–H groups in total. The molecule has 2 rings (SSSR count). The van der Waals surface area contributed by atoms with Gasteiger partial charge in [-0.05, 0) is 81.9 Å². The second-order valence-electron chi connectivity index (χ2n) is 12.8. The van der Waals surface area contributed by atoms with E-state index in [9.17, 15) is 66.5 Å². The normalized spacial score (nSPS) is 15.3. The van der Waals surface area contributed by atoms with E-state index in [0.29, 0.717) is 35.5 Å². The van der Waals surface area contributed by atoms with Crippen LogP contribution in [0.15, 0.2) is 52.0 Å². The minimum Gasteiger partial charge on any atom is -0.345 e. The number of amides is 3. The first-order valence-corrected chi connectivity index (χ1v) is 23.5. The second-order valence-corrected chi connectivity index (χ2v) is 18.9. The van der Waals surface area contributed by atoms with Crippen LogP contribution >= 0.6 is 0 Å². The van der Waals surface area contributed by atoms with E-state index in [1.165, 1.54) is 12.1 Å². The highest BCUT2D eigenvalue weighted by molar-refractivity contribution is 7.86. The van der Waals surface area contributed by atoms with Gasteiger partial charge in [0.05, 0.1) is 16.4 Å². The molecular weight excluding hydrogens is 841 g/mol. The highest BCUT2D eigenvalue weighted by Crippen LogP contribution is 2.29. The zero-order valence-electron chi connectivity index (χ0n) is 31.0. The summed E-state index contributed by atoms with van der Waals surface area (Å²) in [6.45, 7) is 3.28. The van der Waals surface area contributed by atoms with Crippen molar-refractivity contribution in [2.24, 2.45) is 4.99 Å². The number of benzene rings is 1. The standard InChI is InChI=1S/C32H46N4O17S4/c1-23-21-26(57(50,51)52)13-14-28(23)35(18-8-20-55(44,45)46)25(11-6-9-24(2)33-17-7-19-54(41,42)43)10-4-3-5-12-29(37)34-27(22-56(47,48)49)32(40)53-36-30(38)15-16-31(36)39/h6,9,11,13-14,21,27H,3-5,7-8,10,12,15-20,22H2,1-2H3,(H,34,37)(H,41,42,43)(H,44,45,46)(H,47,48,49)(H,50,51,52)/b9-6+,25-11+,33-24-. The molecule has 1 aromatic carbocycles. The smallest absolute Gasteiger partial charge is 0.345 e. The number of hydrogen-bond acceptors (Lipinski definition) is 15. The maximum atomic E-state index is 12.7. The monoisotopic (exact) mass is 886 g/mol. The fraction of sp³-hybridized carbons (Fsp3) is 0.531. The number of rotatable bonds is 24. The Morgan fingerprint density at radius 2 is 1.47 bits per heavy atom. The van der Waals surface area contributed by atoms with Gasteiger partial charge in [0.2, 0.25) is 5.91 Å². The first-order chi connectivity index (χ1) is 26.3. The predicted octanol–water partition coefficient (Wildman–Crippen LogP) is 1.44. The van der Waals surface area contributed by atoms with E-state index in [0.717, 1.165) is 6.07 Å². The average Bonchev–Trinajstić information content (AvgIpc) is 3.38.